The molecule has 1 fully saturated rings. The molecule has 0 spiro atoms. The van der Waals surface area contributed by atoms with Gasteiger partial charge in [0.2, 0.25) is 11.8 Å². The van der Waals surface area contributed by atoms with Gasteiger partial charge < -0.3 is 15.5 Å². The fourth-order valence-electron chi connectivity index (χ4n) is 3.40. The van der Waals surface area contributed by atoms with Crippen LogP contribution in [0.1, 0.15) is 18.3 Å². The van der Waals surface area contributed by atoms with Crippen LogP contribution in [0.15, 0.2) is 42.7 Å². The first-order chi connectivity index (χ1) is 14.4. The summed E-state index contributed by atoms with van der Waals surface area (Å²) in [4.78, 5) is 34.3. The second-order valence-electron chi connectivity index (χ2n) is 7.42. The van der Waals surface area contributed by atoms with Gasteiger partial charge in [-0.15, -0.1) is 0 Å². The Labute approximate surface area is 174 Å². The van der Waals surface area contributed by atoms with E-state index in [2.05, 4.69) is 25.7 Å². The van der Waals surface area contributed by atoms with Gasteiger partial charge >= 0.3 is 0 Å². The number of aryl methyl sites for hydroxylation is 2. The fraction of sp³-hybridized carbons (Fsp3) is 0.286. The Balaban J connectivity index is 1.35. The molecule has 0 radical (unpaired) electrons. The summed E-state index contributed by atoms with van der Waals surface area (Å²) in [6.07, 6.45) is 1.52. The molecule has 2 amide bonds. The predicted molar refractivity (Wildman–Crippen MR) is 114 cm³/mol. The average molecular weight is 405 g/mol. The number of rotatable bonds is 5. The minimum absolute atomic E-state index is 0.0358. The van der Waals surface area contributed by atoms with Gasteiger partial charge in [0.05, 0.1) is 11.6 Å². The molecule has 3 aromatic rings. The van der Waals surface area contributed by atoms with E-state index in [9.17, 15) is 9.59 Å². The molecule has 154 valence electrons. The molecule has 2 N–H and O–H groups in total. The molecule has 0 saturated carbocycles. The Kier molecular flexibility index (Phi) is 5.18. The highest BCUT2D eigenvalue weighted by Crippen LogP contribution is 2.25. The topological polar surface area (TPSA) is 105 Å². The Hall–Kier alpha value is -3.75. The van der Waals surface area contributed by atoms with Gasteiger partial charge in [-0.3, -0.25) is 9.59 Å². The molecular weight excluding hydrogens is 382 g/mol. The molecule has 30 heavy (non-hydrogen) atoms. The monoisotopic (exact) mass is 405 g/mol. The van der Waals surface area contributed by atoms with Crippen LogP contribution in [0, 0.1) is 19.8 Å². The van der Waals surface area contributed by atoms with E-state index in [-0.39, 0.29) is 17.7 Å². The normalized spacial score (nSPS) is 13.6. The molecular formula is C21H23N7O2. The van der Waals surface area contributed by atoms with Crippen LogP contribution in [0.25, 0.3) is 5.82 Å². The van der Waals surface area contributed by atoms with Gasteiger partial charge in [-0.05, 0) is 44.2 Å². The van der Waals surface area contributed by atoms with Crippen molar-refractivity contribution in [3.63, 3.8) is 0 Å². The largest absolute Gasteiger partial charge is 0.355 e. The standard InChI is InChI=1S/C21H23N7O2/c1-13-8-14(2)28(26-13)20-9-19(22-12-23-20)27-10-16(11-27)21(30)25-18-6-4-17(5-7-18)24-15(3)29/h4-9,12,16H,10-11H2,1-3H3,(H,24,29)(H,25,30). The van der Waals surface area contributed by atoms with Gasteiger partial charge in [0.15, 0.2) is 5.82 Å². The number of amides is 2. The first-order valence-electron chi connectivity index (χ1n) is 9.68. The molecule has 1 aliphatic heterocycles. The summed E-state index contributed by atoms with van der Waals surface area (Å²) >= 11 is 0. The molecule has 0 aliphatic carbocycles. The van der Waals surface area contributed by atoms with Gasteiger partial charge in [0, 0.05) is 43.1 Å². The zero-order chi connectivity index (χ0) is 21.3. The molecule has 0 unspecified atom stereocenters. The number of carbonyl (C=O) groups is 2. The molecule has 4 rings (SSSR count). The Morgan fingerprint density at radius 3 is 2.20 bits per heavy atom. The van der Waals surface area contributed by atoms with Crippen molar-refractivity contribution in [1.29, 1.82) is 0 Å². The first kappa shape index (κ1) is 19.6. The number of carbonyl (C=O) groups excluding carboxylic acids is 2. The molecule has 9 nitrogen and oxygen atoms in total. The van der Waals surface area contributed by atoms with Gasteiger partial charge in [-0.25, -0.2) is 14.6 Å². The van der Waals surface area contributed by atoms with Crippen molar-refractivity contribution < 1.29 is 9.59 Å². The van der Waals surface area contributed by atoms with E-state index in [4.69, 9.17) is 0 Å². The average Bonchev–Trinajstić information content (AvgIpc) is 3.00. The van der Waals surface area contributed by atoms with Crippen molar-refractivity contribution in [1.82, 2.24) is 19.7 Å². The van der Waals surface area contributed by atoms with E-state index in [0.717, 1.165) is 17.2 Å². The lowest BCUT2D eigenvalue weighted by Crippen LogP contribution is -2.52. The quantitative estimate of drug-likeness (QED) is 0.675. The third-order valence-corrected chi connectivity index (χ3v) is 4.91. The molecule has 2 aromatic heterocycles. The minimum Gasteiger partial charge on any atom is -0.355 e. The SMILES string of the molecule is CC(=O)Nc1ccc(NC(=O)C2CN(c3cc(-n4nc(C)cc4C)ncn3)C2)cc1. The molecule has 1 saturated heterocycles. The van der Waals surface area contributed by atoms with E-state index in [0.29, 0.717) is 30.3 Å². The molecule has 1 aromatic carbocycles. The molecule has 0 bridgehead atoms. The second kappa shape index (κ2) is 7.94. The molecule has 1 aliphatic rings. The Morgan fingerprint density at radius 2 is 1.60 bits per heavy atom. The van der Waals surface area contributed by atoms with Gasteiger partial charge in [-0.1, -0.05) is 0 Å². The van der Waals surface area contributed by atoms with Crippen LogP contribution in [-0.4, -0.2) is 44.7 Å². The maximum atomic E-state index is 12.5. The van der Waals surface area contributed by atoms with Crippen LogP contribution in [0.2, 0.25) is 0 Å². The lowest BCUT2D eigenvalue weighted by Gasteiger charge is -2.39. The van der Waals surface area contributed by atoms with E-state index in [1.54, 1.807) is 28.9 Å². The van der Waals surface area contributed by atoms with Gasteiger partial charge in [0.25, 0.3) is 0 Å². The second-order valence-corrected chi connectivity index (χ2v) is 7.42. The minimum atomic E-state index is -0.132. The molecule has 0 atom stereocenters. The van der Waals surface area contributed by atoms with Crippen molar-refractivity contribution >= 4 is 29.0 Å². The zero-order valence-electron chi connectivity index (χ0n) is 17.1. The van der Waals surface area contributed by atoms with E-state index >= 15 is 0 Å². The third-order valence-electron chi connectivity index (χ3n) is 4.91. The number of benzene rings is 1. The van der Waals surface area contributed by atoms with Crippen molar-refractivity contribution in [2.45, 2.75) is 20.8 Å². The predicted octanol–water partition coefficient (Wildman–Crippen LogP) is 2.31. The van der Waals surface area contributed by atoms with E-state index < -0.39 is 0 Å². The van der Waals surface area contributed by atoms with Crippen LogP contribution < -0.4 is 15.5 Å². The Morgan fingerprint density at radius 1 is 0.967 bits per heavy atom. The van der Waals surface area contributed by atoms with Crippen molar-refractivity contribution in [3.05, 3.63) is 54.1 Å². The lowest BCUT2D eigenvalue weighted by molar-refractivity contribution is -0.120. The number of nitrogens with one attached hydrogen (secondary N) is 2. The number of anilines is 3. The van der Waals surface area contributed by atoms with Crippen LogP contribution in [-0.2, 0) is 9.59 Å². The summed E-state index contributed by atoms with van der Waals surface area (Å²) in [5, 5.41) is 10.1. The highest BCUT2D eigenvalue weighted by molar-refractivity contribution is 5.95. The smallest absolute Gasteiger partial charge is 0.231 e. The summed E-state index contributed by atoms with van der Waals surface area (Å²) in [5.41, 5.74) is 3.32. The number of aromatic nitrogens is 4. The Bertz CT molecular complexity index is 1080. The van der Waals surface area contributed by atoms with Gasteiger partial charge in [-0.2, -0.15) is 5.10 Å². The summed E-state index contributed by atoms with van der Waals surface area (Å²) < 4.78 is 1.79. The fourth-order valence-corrected chi connectivity index (χ4v) is 3.40. The highest BCUT2D eigenvalue weighted by atomic mass is 16.2. The number of hydrogen-bond acceptors (Lipinski definition) is 6. The lowest BCUT2D eigenvalue weighted by atomic mass is 9.99. The van der Waals surface area contributed by atoms with Crippen molar-refractivity contribution in [3.8, 4) is 5.82 Å². The molecule has 3 heterocycles. The maximum Gasteiger partial charge on any atom is 0.231 e. The van der Waals surface area contributed by atoms with Crippen LogP contribution >= 0.6 is 0 Å². The number of nitrogens with zero attached hydrogens (tertiary/aromatic N) is 5. The molecule has 9 heteroatoms. The summed E-state index contributed by atoms with van der Waals surface area (Å²) in [5.74, 6) is 1.19. The van der Waals surface area contributed by atoms with Crippen LogP contribution in [0.3, 0.4) is 0 Å². The van der Waals surface area contributed by atoms with Crippen LogP contribution in [0.5, 0.6) is 0 Å². The first-order valence-corrected chi connectivity index (χ1v) is 9.68. The van der Waals surface area contributed by atoms with Crippen molar-refractivity contribution in [2.24, 2.45) is 5.92 Å². The summed E-state index contributed by atoms with van der Waals surface area (Å²) in [6, 6.07) is 10.9. The maximum absolute atomic E-state index is 12.5. The van der Waals surface area contributed by atoms with Crippen LogP contribution in [0.4, 0.5) is 17.2 Å². The summed E-state index contributed by atoms with van der Waals surface area (Å²) in [6.45, 7) is 6.55. The van der Waals surface area contributed by atoms with E-state index in [1.807, 2.05) is 30.9 Å². The zero-order valence-corrected chi connectivity index (χ0v) is 17.1. The van der Waals surface area contributed by atoms with E-state index in [1.165, 1.54) is 13.3 Å². The highest BCUT2D eigenvalue weighted by Gasteiger charge is 2.33. The third kappa shape index (κ3) is 4.14. The van der Waals surface area contributed by atoms with Crippen molar-refractivity contribution in [2.75, 3.05) is 28.6 Å². The number of hydrogen-bond donors (Lipinski definition) is 2. The van der Waals surface area contributed by atoms with Gasteiger partial charge in [0.1, 0.15) is 12.1 Å². The summed E-state index contributed by atoms with van der Waals surface area (Å²) in [7, 11) is 0.